The smallest absolute Gasteiger partial charge is 0.173 e. The van der Waals surface area contributed by atoms with Crippen LogP contribution in [0.15, 0.2) is 41.4 Å². The first-order chi connectivity index (χ1) is 11.8. The largest absolute Gasteiger partial charge is 0.293 e. The molecule has 0 fully saturated rings. The molecule has 0 unspecified atom stereocenters. The van der Waals surface area contributed by atoms with E-state index in [2.05, 4.69) is 45.9 Å². The van der Waals surface area contributed by atoms with Crippen LogP contribution in [0.3, 0.4) is 0 Å². The lowest BCUT2D eigenvalue weighted by Crippen LogP contribution is -2.03. The second kappa shape index (κ2) is 7.01. The van der Waals surface area contributed by atoms with Crippen LogP contribution in [-0.4, -0.2) is 16.5 Å². The molecule has 3 aromatic rings. The van der Waals surface area contributed by atoms with E-state index >= 15 is 0 Å². The van der Waals surface area contributed by atoms with E-state index in [1.54, 1.807) is 0 Å². The summed E-state index contributed by atoms with van der Waals surface area (Å²) in [6, 6.07) is 12.3. The number of carbonyl (C=O) groups is 1. The third kappa shape index (κ3) is 3.77. The van der Waals surface area contributed by atoms with Gasteiger partial charge in [-0.2, -0.15) is 0 Å². The molecular weight excluding hydrogens is 326 g/mol. The Morgan fingerprint density at radius 2 is 1.64 bits per heavy atom. The van der Waals surface area contributed by atoms with Gasteiger partial charge in [0.1, 0.15) is 0 Å². The Morgan fingerprint density at radius 3 is 2.36 bits per heavy atom. The lowest BCUT2D eigenvalue weighted by molar-refractivity contribution is 0.102. The van der Waals surface area contributed by atoms with Gasteiger partial charge in [0.05, 0.1) is 16.3 Å². The molecule has 0 bridgehead atoms. The van der Waals surface area contributed by atoms with E-state index < -0.39 is 0 Å². The minimum Gasteiger partial charge on any atom is -0.293 e. The van der Waals surface area contributed by atoms with Gasteiger partial charge in [0.2, 0.25) is 0 Å². The summed E-state index contributed by atoms with van der Waals surface area (Å²) in [5, 5.41) is 2.11. The van der Waals surface area contributed by atoms with E-state index in [1.165, 1.54) is 39.4 Å². The molecule has 0 radical (unpaired) electrons. The van der Waals surface area contributed by atoms with E-state index in [-0.39, 0.29) is 5.78 Å². The van der Waals surface area contributed by atoms with Crippen LogP contribution < -0.4 is 0 Å². The molecule has 0 aliphatic heterocycles. The Bertz CT molecular complexity index is 975. The number of hydrogen-bond acceptors (Lipinski definition) is 3. The Kier molecular flexibility index (Phi) is 4.96. The summed E-state index contributed by atoms with van der Waals surface area (Å²) < 4.78 is 0. The number of carbonyl (C=O) groups excluding carboxylic acids is 1. The molecule has 1 heterocycles. The molecule has 1 aromatic heterocycles. The quantitative estimate of drug-likeness (QED) is 0.443. The van der Waals surface area contributed by atoms with Crippen molar-refractivity contribution in [2.24, 2.45) is 0 Å². The first kappa shape index (κ1) is 17.7. The fourth-order valence-electron chi connectivity index (χ4n) is 3.03. The van der Waals surface area contributed by atoms with E-state index in [4.69, 9.17) is 4.98 Å². The Labute approximate surface area is 153 Å². The van der Waals surface area contributed by atoms with Crippen molar-refractivity contribution in [1.29, 1.82) is 0 Å². The van der Waals surface area contributed by atoms with E-state index in [1.807, 2.05) is 25.1 Å². The average Bonchev–Trinajstić information content (AvgIpc) is 2.56. The summed E-state index contributed by atoms with van der Waals surface area (Å²) in [6.07, 6.45) is 0. The van der Waals surface area contributed by atoms with Crippen molar-refractivity contribution in [1.82, 2.24) is 4.98 Å². The summed E-state index contributed by atoms with van der Waals surface area (Å²) in [5.41, 5.74) is 7.81. The van der Waals surface area contributed by atoms with Crippen molar-refractivity contribution in [2.75, 3.05) is 5.75 Å². The number of aryl methyl sites for hydroxylation is 5. The minimum absolute atomic E-state index is 0.147. The third-order valence-electron chi connectivity index (χ3n) is 4.61. The highest BCUT2D eigenvalue weighted by Crippen LogP contribution is 2.27. The zero-order valence-electron chi connectivity index (χ0n) is 15.4. The highest BCUT2D eigenvalue weighted by Gasteiger charge is 2.11. The number of benzene rings is 2. The third-order valence-corrected chi connectivity index (χ3v) is 5.52. The minimum atomic E-state index is 0.147. The number of hydrogen-bond donors (Lipinski definition) is 0. The molecule has 2 nitrogen and oxygen atoms in total. The molecule has 0 aliphatic rings. The van der Waals surface area contributed by atoms with Gasteiger partial charge in [0.15, 0.2) is 5.78 Å². The number of Topliss-reactive ketones (excluding diaryl/α,β-unsaturated/α-hetero) is 1. The molecule has 0 saturated carbocycles. The molecule has 0 aliphatic carbocycles. The lowest BCUT2D eigenvalue weighted by Gasteiger charge is -2.10. The van der Waals surface area contributed by atoms with E-state index in [0.29, 0.717) is 5.75 Å². The number of ketones is 1. The summed E-state index contributed by atoms with van der Waals surface area (Å²) >= 11 is 1.51. The Balaban J connectivity index is 1.83. The number of thioether (sulfide) groups is 1. The van der Waals surface area contributed by atoms with Gasteiger partial charge in [-0.3, -0.25) is 4.79 Å². The van der Waals surface area contributed by atoms with Crippen LogP contribution in [0.5, 0.6) is 0 Å². The number of aromatic nitrogens is 1. The van der Waals surface area contributed by atoms with Crippen LogP contribution in [0.2, 0.25) is 0 Å². The predicted octanol–water partition coefficient (Wildman–Crippen LogP) is 5.75. The van der Waals surface area contributed by atoms with Crippen molar-refractivity contribution in [3.8, 4) is 0 Å². The first-order valence-electron chi connectivity index (χ1n) is 8.47. The molecule has 0 saturated heterocycles. The highest BCUT2D eigenvalue weighted by molar-refractivity contribution is 7.99. The van der Waals surface area contributed by atoms with Crippen LogP contribution in [0.1, 0.15) is 38.2 Å². The zero-order valence-corrected chi connectivity index (χ0v) is 16.3. The molecule has 3 heteroatoms. The van der Waals surface area contributed by atoms with Crippen LogP contribution in [-0.2, 0) is 0 Å². The first-order valence-corrected chi connectivity index (χ1v) is 9.45. The summed E-state index contributed by atoms with van der Waals surface area (Å²) in [5.74, 6) is 0.555. The van der Waals surface area contributed by atoms with Crippen molar-refractivity contribution in [2.45, 2.75) is 39.6 Å². The summed E-state index contributed by atoms with van der Waals surface area (Å²) in [4.78, 5) is 17.3. The molecule has 0 spiro atoms. The maximum absolute atomic E-state index is 12.5. The zero-order chi connectivity index (χ0) is 18.1. The van der Waals surface area contributed by atoms with Gasteiger partial charge in [0, 0.05) is 10.9 Å². The van der Waals surface area contributed by atoms with Crippen LogP contribution >= 0.6 is 11.8 Å². The van der Waals surface area contributed by atoms with Crippen LogP contribution in [0.4, 0.5) is 0 Å². The van der Waals surface area contributed by atoms with Crippen molar-refractivity contribution < 1.29 is 4.79 Å². The fraction of sp³-hybridized carbons (Fsp3) is 0.273. The molecule has 25 heavy (non-hydrogen) atoms. The fourth-order valence-corrected chi connectivity index (χ4v) is 3.89. The topological polar surface area (TPSA) is 30.0 Å². The molecule has 2 aromatic carbocycles. The Morgan fingerprint density at radius 1 is 0.880 bits per heavy atom. The van der Waals surface area contributed by atoms with E-state index in [9.17, 15) is 4.79 Å². The normalized spacial score (nSPS) is 11.1. The van der Waals surface area contributed by atoms with Gasteiger partial charge in [-0.05, 0) is 75.1 Å². The average molecular weight is 349 g/mol. The van der Waals surface area contributed by atoms with Gasteiger partial charge in [-0.1, -0.05) is 35.5 Å². The second-order valence-electron chi connectivity index (χ2n) is 6.77. The van der Waals surface area contributed by atoms with Crippen LogP contribution in [0.25, 0.3) is 10.9 Å². The molecule has 128 valence electrons. The predicted molar refractivity (Wildman–Crippen MR) is 107 cm³/mol. The number of rotatable bonds is 4. The van der Waals surface area contributed by atoms with Gasteiger partial charge in [-0.15, -0.1) is 0 Å². The lowest BCUT2D eigenvalue weighted by atomic mass is 10.0. The highest BCUT2D eigenvalue weighted by atomic mass is 32.2. The van der Waals surface area contributed by atoms with Crippen LogP contribution in [0, 0.1) is 34.6 Å². The van der Waals surface area contributed by atoms with Crippen molar-refractivity contribution >= 4 is 28.4 Å². The molecular formula is C22H23NOS. The standard InChI is InChI=1S/C22H23NOS/c1-13-8-17(5)22-19(9-13)16(4)11-21(23-22)25-12-20(24)18-7-6-14(2)15(3)10-18/h6-11H,12H2,1-5H3. The Hall–Kier alpha value is -2.13. The number of nitrogens with zero attached hydrogens (tertiary/aromatic N) is 1. The molecule has 3 rings (SSSR count). The van der Waals surface area contributed by atoms with Crippen molar-refractivity contribution in [3.63, 3.8) is 0 Å². The van der Waals surface area contributed by atoms with Gasteiger partial charge < -0.3 is 0 Å². The van der Waals surface area contributed by atoms with Gasteiger partial charge in [0.25, 0.3) is 0 Å². The second-order valence-corrected chi connectivity index (χ2v) is 7.76. The molecule has 0 amide bonds. The van der Waals surface area contributed by atoms with Crippen molar-refractivity contribution in [3.05, 3.63) is 69.8 Å². The molecule has 0 atom stereocenters. The van der Waals surface area contributed by atoms with Gasteiger partial charge in [-0.25, -0.2) is 4.98 Å². The summed E-state index contributed by atoms with van der Waals surface area (Å²) in [7, 11) is 0. The maximum atomic E-state index is 12.5. The summed E-state index contributed by atoms with van der Waals surface area (Å²) in [6.45, 7) is 10.4. The van der Waals surface area contributed by atoms with E-state index in [0.717, 1.165) is 21.7 Å². The SMILES string of the molecule is Cc1cc(C)c2nc(SCC(=O)c3ccc(C)c(C)c3)cc(C)c2c1. The monoisotopic (exact) mass is 349 g/mol. The maximum Gasteiger partial charge on any atom is 0.173 e. The number of pyridine rings is 1. The number of fused-ring (bicyclic) bond motifs is 1. The van der Waals surface area contributed by atoms with Gasteiger partial charge >= 0.3 is 0 Å². The molecule has 0 N–H and O–H groups in total.